The van der Waals surface area contributed by atoms with E-state index in [2.05, 4.69) is 57.7 Å². The van der Waals surface area contributed by atoms with Crippen LogP contribution in [0.3, 0.4) is 0 Å². The second kappa shape index (κ2) is 10.6. The molecule has 0 atom stereocenters. The zero-order valence-electron chi connectivity index (χ0n) is 19.8. The number of rotatable bonds is 2. The van der Waals surface area contributed by atoms with Crippen molar-refractivity contribution in [2.24, 2.45) is 0 Å². The van der Waals surface area contributed by atoms with Gasteiger partial charge in [-0.25, -0.2) is 0 Å². The average molecular weight is 429 g/mol. The van der Waals surface area contributed by atoms with E-state index in [1.54, 1.807) is 0 Å². The van der Waals surface area contributed by atoms with Crippen LogP contribution in [0.15, 0.2) is 48.5 Å². The minimum absolute atomic E-state index is 1.20. The molecule has 0 fully saturated rings. The highest BCUT2D eigenvalue weighted by atomic mass is 15.0. The van der Waals surface area contributed by atoms with Crippen LogP contribution < -0.4 is 0 Å². The summed E-state index contributed by atoms with van der Waals surface area (Å²) >= 11 is 0. The van der Waals surface area contributed by atoms with Crippen LogP contribution in [0, 0.1) is 0 Å². The predicted molar refractivity (Wildman–Crippen MR) is 135 cm³/mol. The molecule has 2 nitrogen and oxygen atoms in total. The number of hydrogen-bond donors (Lipinski definition) is 0. The van der Waals surface area contributed by atoms with Crippen LogP contribution in [-0.2, 0) is 25.7 Å². The third kappa shape index (κ3) is 4.90. The Morgan fingerprint density at radius 2 is 0.562 bits per heavy atom. The molecule has 0 spiro atoms. The number of hydrogen-bond acceptors (Lipinski definition) is 0. The van der Waals surface area contributed by atoms with Crippen molar-refractivity contribution < 1.29 is 0 Å². The smallest absolute Gasteiger partial charge is 0.0456 e. The van der Waals surface area contributed by atoms with Crippen LogP contribution in [0.2, 0.25) is 0 Å². The van der Waals surface area contributed by atoms with Crippen molar-refractivity contribution in [1.82, 2.24) is 9.13 Å². The monoisotopic (exact) mass is 428 g/mol. The minimum atomic E-state index is 1.20. The lowest BCUT2D eigenvalue weighted by Crippen LogP contribution is -2.07. The Kier molecular flexibility index (Phi) is 7.16. The van der Waals surface area contributed by atoms with E-state index in [0.29, 0.717) is 0 Å². The van der Waals surface area contributed by atoms with Gasteiger partial charge in [0.05, 0.1) is 0 Å². The van der Waals surface area contributed by atoms with Gasteiger partial charge in [-0.15, -0.1) is 0 Å². The summed E-state index contributed by atoms with van der Waals surface area (Å²) in [6.07, 6.45) is 21.2. The lowest BCUT2D eigenvalue weighted by molar-refractivity contribution is 0.597. The fraction of sp³-hybridized carbons (Fsp3) is 0.533. The standard InChI is InChI=1S/C30H40N2/c1-2-6-10-14-26-18-17-25(13-9-5-1)31(26)29-21-23-30(24-22-29)32-27-15-11-7-3-4-8-12-16-28(32)20-19-27/h17-24H,1-16H2. The highest BCUT2D eigenvalue weighted by Crippen LogP contribution is 2.27. The first-order valence-corrected chi connectivity index (χ1v) is 13.4. The number of aromatic nitrogens is 2. The molecule has 2 heteroatoms. The summed E-state index contributed by atoms with van der Waals surface area (Å²) in [5.74, 6) is 0. The summed E-state index contributed by atoms with van der Waals surface area (Å²) in [5.41, 5.74) is 8.67. The van der Waals surface area contributed by atoms with Crippen LogP contribution in [0.25, 0.3) is 11.4 Å². The van der Waals surface area contributed by atoms with Gasteiger partial charge in [0.15, 0.2) is 0 Å². The van der Waals surface area contributed by atoms with Gasteiger partial charge in [0.2, 0.25) is 0 Å². The van der Waals surface area contributed by atoms with Gasteiger partial charge in [0, 0.05) is 34.2 Å². The molecule has 2 aliphatic rings. The molecule has 3 aromatic rings. The number of nitrogens with zero attached hydrogens (tertiary/aromatic N) is 2. The number of fused-ring (bicyclic) bond motifs is 4. The molecule has 4 heterocycles. The summed E-state index contributed by atoms with van der Waals surface area (Å²) < 4.78 is 5.13. The second-order valence-corrected chi connectivity index (χ2v) is 10.1. The van der Waals surface area contributed by atoms with E-state index in [4.69, 9.17) is 0 Å². The van der Waals surface area contributed by atoms with Crippen LogP contribution in [0.1, 0.15) is 99.8 Å². The third-order valence-electron chi connectivity index (χ3n) is 7.68. The van der Waals surface area contributed by atoms with Gasteiger partial charge in [-0.2, -0.15) is 0 Å². The second-order valence-electron chi connectivity index (χ2n) is 10.1. The molecule has 0 unspecified atom stereocenters. The first-order chi connectivity index (χ1) is 15.9. The van der Waals surface area contributed by atoms with E-state index >= 15 is 0 Å². The first-order valence-electron chi connectivity index (χ1n) is 13.4. The molecule has 32 heavy (non-hydrogen) atoms. The van der Waals surface area contributed by atoms with Gasteiger partial charge in [-0.1, -0.05) is 51.4 Å². The minimum Gasteiger partial charge on any atom is -0.318 e. The highest BCUT2D eigenvalue weighted by molar-refractivity contribution is 5.47. The normalized spacial score (nSPS) is 18.5. The zero-order valence-corrected chi connectivity index (χ0v) is 19.8. The molecule has 2 aliphatic heterocycles. The molecular weight excluding hydrogens is 388 g/mol. The Hall–Kier alpha value is -2.22. The Bertz CT molecular complexity index is 852. The molecule has 5 rings (SSSR count). The highest BCUT2D eigenvalue weighted by Gasteiger charge is 2.14. The molecular formula is C30H40N2. The van der Waals surface area contributed by atoms with E-state index < -0.39 is 0 Å². The van der Waals surface area contributed by atoms with Gasteiger partial charge < -0.3 is 9.13 Å². The van der Waals surface area contributed by atoms with E-state index in [9.17, 15) is 0 Å². The largest absolute Gasteiger partial charge is 0.318 e. The molecule has 0 amide bonds. The molecule has 4 bridgehead atoms. The Labute approximate surface area is 194 Å². The Balaban J connectivity index is 1.45. The maximum absolute atomic E-state index is 2.56. The maximum Gasteiger partial charge on any atom is 0.0456 e. The quantitative estimate of drug-likeness (QED) is 0.390. The Morgan fingerprint density at radius 3 is 0.844 bits per heavy atom. The molecule has 2 aromatic heterocycles. The van der Waals surface area contributed by atoms with Gasteiger partial charge in [-0.3, -0.25) is 0 Å². The van der Waals surface area contributed by atoms with Crippen molar-refractivity contribution >= 4 is 0 Å². The van der Waals surface area contributed by atoms with Gasteiger partial charge in [0.1, 0.15) is 0 Å². The SMILES string of the molecule is c1cc(-n2c3ccc2CCCCCCCC3)ccc1-n1c2ccc1CCCCCCCC2. The van der Waals surface area contributed by atoms with Crippen molar-refractivity contribution in [3.05, 3.63) is 71.3 Å². The fourth-order valence-corrected chi connectivity index (χ4v) is 5.89. The summed E-state index contributed by atoms with van der Waals surface area (Å²) in [6.45, 7) is 0. The fourth-order valence-electron chi connectivity index (χ4n) is 5.89. The van der Waals surface area contributed by atoms with E-state index in [-0.39, 0.29) is 0 Å². The molecule has 170 valence electrons. The molecule has 0 aliphatic carbocycles. The van der Waals surface area contributed by atoms with Crippen LogP contribution >= 0.6 is 0 Å². The summed E-state index contributed by atoms with van der Waals surface area (Å²) in [5, 5.41) is 0. The van der Waals surface area contributed by atoms with Gasteiger partial charge >= 0.3 is 0 Å². The number of benzene rings is 1. The van der Waals surface area contributed by atoms with Crippen LogP contribution in [-0.4, -0.2) is 9.13 Å². The first kappa shape index (κ1) is 21.6. The van der Waals surface area contributed by atoms with Gasteiger partial charge in [-0.05, 0) is 99.9 Å². The van der Waals surface area contributed by atoms with Crippen LogP contribution in [0.4, 0.5) is 0 Å². The van der Waals surface area contributed by atoms with E-state index in [1.165, 1.54) is 137 Å². The molecule has 1 aromatic carbocycles. The predicted octanol–water partition coefficient (Wildman–Crippen LogP) is 8.15. The van der Waals surface area contributed by atoms with Crippen molar-refractivity contribution in [3.8, 4) is 11.4 Å². The van der Waals surface area contributed by atoms with Crippen molar-refractivity contribution in [1.29, 1.82) is 0 Å². The van der Waals surface area contributed by atoms with Crippen molar-refractivity contribution in [2.45, 2.75) is 103 Å². The third-order valence-corrected chi connectivity index (χ3v) is 7.68. The molecule has 0 radical (unpaired) electrons. The lowest BCUT2D eigenvalue weighted by Gasteiger charge is -2.17. The maximum atomic E-state index is 2.56. The lowest BCUT2D eigenvalue weighted by atomic mass is 10.1. The average Bonchev–Trinajstić information content (AvgIpc) is 3.37. The van der Waals surface area contributed by atoms with Gasteiger partial charge in [0.25, 0.3) is 0 Å². The molecule has 0 saturated carbocycles. The molecule has 0 saturated heterocycles. The number of aryl methyl sites for hydroxylation is 4. The van der Waals surface area contributed by atoms with Crippen molar-refractivity contribution in [3.63, 3.8) is 0 Å². The summed E-state index contributed by atoms with van der Waals surface area (Å²) in [4.78, 5) is 0. The zero-order chi connectivity index (χ0) is 21.6. The Morgan fingerprint density at radius 1 is 0.312 bits per heavy atom. The van der Waals surface area contributed by atoms with E-state index in [1.807, 2.05) is 0 Å². The van der Waals surface area contributed by atoms with E-state index in [0.717, 1.165) is 0 Å². The topological polar surface area (TPSA) is 9.86 Å². The van der Waals surface area contributed by atoms with Crippen molar-refractivity contribution in [2.75, 3.05) is 0 Å². The van der Waals surface area contributed by atoms with Crippen LogP contribution in [0.5, 0.6) is 0 Å². The molecule has 0 N–H and O–H groups in total. The summed E-state index contributed by atoms with van der Waals surface area (Å²) in [7, 11) is 0. The summed E-state index contributed by atoms with van der Waals surface area (Å²) in [6, 6.07) is 19.0.